The maximum atomic E-state index is 13.0. The number of ether oxygens (including phenoxy) is 2. The molecule has 1 amide bonds. The number of hydrogen-bond acceptors (Lipinski definition) is 8. The lowest BCUT2D eigenvalue weighted by Crippen LogP contribution is -2.60. The van der Waals surface area contributed by atoms with Gasteiger partial charge in [-0.15, -0.1) is 0 Å². The highest BCUT2D eigenvalue weighted by Gasteiger charge is 2.44. The van der Waals surface area contributed by atoms with Gasteiger partial charge in [0, 0.05) is 6.42 Å². The van der Waals surface area contributed by atoms with E-state index in [0.29, 0.717) is 6.42 Å². The molecule has 1 rings (SSSR count). The summed E-state index contributed by atoms with van der Waals surface area (Å²) in [6.45, 7) is 3.77. The third-order valence-corrected chi connectivity index (χ3v) is 11.3. The van der Waals surface area contributed by atoms with Crippen LogP contribution in [-0.2, 0) is 14.3 Å². The average molecular weight is 796 g/mol. The Morgan fingerprint density at radius 1 is 0.589 bits per heavy atom. The van der Waals surface area contributed by atoms with Gasteiger partial charge in [-0.3, -0.25) is 4.79 Å². The van der Waals surface area contributed by atoms with Crippen LogP contribution in [-0.4, -0.2) is 87.5 Å². The monoisotopic (exact) mass is 796 g/mol. The maximum Gasteiger partial charge on any atom is 0.220 e. The molecule has 1 aliphatic heterocycles. The van der Waals surface area contributed by atoms with E-state index in [1.54, 1.807) is 6.08 Å². The Bertz CT molecular complexity index is 930. The molecule has 1 aliphatic rings. The molecule has 0 bridgehead atoms. The maximum absolute atomic E-state index is 13.0. The normalized spacial score (nSPS) is 21.3. The van der Waals surface area contributed by atoms with Crippen LogP contribution < -0.4 is 5.32 Å². The van der Waals surface area contributed by atoms with Gasteiger partial charge in [-0.05, 0) is 44.9 Å². The van der Waals surface area contributed by atoms with Crippen molar-refractivity contribution in [1.82, 2.24) is 5.32 Å². The summed E-state index contributed by atoms with van der Waals surface area (Å²) in [6, 6.07) is -0.802. The van der Waals surface area contributed by atoms with E-state index in [1.165, 1.54) is 154 Å². The van der Waals surface area contributed by atoms with E-state index in [-0.39, 0.29) is 12.5 Å². The van der Waals surface area contributed by atoms with Gasteiger partial charge in [-0.2, -0.15) is 0 Å². The Labute approximate surface area is 343 Å². The van der Waals surface area contributed by atoms with Gasteiger partial charge in [0.25, 0.3) is 0 Å². The first-order chi connectivity index (χ1) is 27.3. The van der Waals surface area contributed by atoms with Gasteiger partial charge in [0.2, 0.25) is 5.91 Å². The molecule has 0 aromatic carbocycles. The van der Waals surface area contributed by atoms with Crippen LogP contribution in [0.2, 0.25) is 0 Å². The number of unbranched alkanes of at least 4 members (excludes halogenated alkanes) is 27. The van der Waals surface area contributed by atoms with E-state index in [2.05, 4.69) is 31.3 Å². The minimum atomic E-state index is -1.56. The van der Waals surface area contributed by atoms with Crippen molar-refractivity contribution >= 4 is 5.91 Å². The Balaban J connectivity index is 2.33. The fourth-order valence-electron chi connectivity index (χ4n) is 7.44. The molecule has 0 aliphatic carbocycles. The van der Waals surface area contributed by atoms with Crippen molar-refractivity contribution in [3.8, 4) is 0 Å². The second kappa shape index (κ2) is 37.9. The Morgan fingerprint density at radius 2 is 1.00 bits per heavy atom. The van der Waals surface area contributed by atoms with Crippen LogP contribution in [0.15, 0.2) is 24.3 Å². The summed E-state index contributed by atoms with van der Waals surface area (Å²) in [6.07, 6.45) is 37.9. The molecule has 7 atom stereocenters. The molecule has 330 valence electrons. The number of hydrogen-bond donors (Lipinski definition) is 6. The topological polar surface area (TPSA) is 149 Å². The lowest BCUT2D eigenvalue weighted by molar-refractivity contribution is -0.302. The van der Waals surface area contributed by atoms with E-state index in [0.717, 1.165) is 38.5 Å². The second-order valence-corrected chi connectivity index (χ2v) is 16.5. The zero-order valence-electron chi connectivity index (χ0n) is 36.1. The molecule has 0 aromatic heterocycles. The summed E-state index contributed by atoms with van der Waals surface area (Å²) in [4.78, 5) is 13.0. The summed E-state index contributed by atoms with van der Waals surface area (Å²) in [5.74, 6) is -0.179. The molecular formula is C47H89NO8. The van der Waals surface area contributed by atoms with Crippen molar-refractivity contribution < 1.29 is 39.8 Å². The zero-order valence-corrected chi connectivity index (χ0v) is 36.1. The Kier molecular flexibility index (Phi) is 35.7. The molecule has 0 saturated carbocycles. The van der Waals surface area contributed by atoms with Gasteiger partial charge < -0.3 is 40.3 Å². The Morgan fingerprint density at radius 3 is 1.45 bits per heavy atom. The van der Waals surface area contributed by atoms with E-state index in [9.17, 15) is 30.3 Å². The van der Waals surface area contributed by atoms with Crippen LogP contribution in [0.25, 0.3) is 0 Å². The van der Waals surface area contributed by atoms with E-state index >= 15 is 0 Å². The van der Waals surface area contributed by atoms with E-state index < -0.39 is 49.5 Å². The van der Waals surface area contributed by atoms with E-state index in [1.807, 2.05) is 6.08 Å². The van der Waals surface area contributed by atoms with Crippen LogP contribution in [0.1, 0.15) is 213 Å². The van der Waals surface area contributed by atoms with Crippen molar-refractivity contribution in [2.45, 2.75) is 256 Å². The molecule has 1 saturated heterocycles. The van der Waals surface area contributed by atoms with E-state index in [4.69, 9.17) is 9.47 Å². The average Bonchev–Trinajstić information content (AvgIpc) is 3.20. The first-order valence-corrected chi connectivity index (χ1v) is 23.6. The number of aliphatic hydroxyl groups is 5. The molecule has 0 aromatic rings. The summed E-state index contributed by atoms with van der Waals surface area (Å²) in [5, 5.41) is 54.2. The molecule has 1 heterocycles. The number of nitrogens with one attached hydrogen (secondary N) is 1. The largest absolute Gasteiger partial charge is 0.394 e. The number of aliphatic hydroxyl groups excluding tert-OH is 5. The van der Waals surface area contributed by atoms with Gasteiger partial charge in [-0.1, -0.05) is 186 Å². The first kappa shape index (κ1) is 52.7. The summed E-state index contributed by atoms with van der Waals surface area (Å²) >= 11 is 0. The molecule has 2 unspecified atom stereocenters. The number of carbonyl (C=O) groups is 1. The highest BCUT2D eigenvalue weighted by Crippen LogP contribution is 2.23. The van der Waals surface area contributed by atoms with Crippen molar-refractivity contribution in [1.29, 1.82) is 0 Å². The van der Waals surface area contributed by atoms with Gasteiger partial charge in [0.05, 0.1) is 25.4 Å². The standard InChI is InChI=1S/C47H89NO8/c1-3-5-7-9-11-13-15-17-19-20-21-22-23-25-27-29-31-33-35-37-43(51)48-40(39-55-47-46(54)45(53)44(52)42(38-49)56-47)41(50)36-34-32-30-28-26-24-18-16-14-12-10-8-6-4-2/h17,19,34,36,40-42,44-47,49-50,52-54H,3-16,18,20-33,35,37-39H2,1-2H3,(H,48,51)/b19-17+,36-34+/t40-,41+,42-,44-,45?,46?,47-/m0/s1. The molecule has 0 spiro atoms. The lowest BCUT2D eigenvalue weighted by atomic mass is 9.99. The molecular weight excluding hydrogens is 707 g/mol. The van der Waals surface area contributed by atoms with Gasteiger partial charge >= 0.3 is 0 Å². The van der Waals surface area contributed by atoms with Crippen LogP contribution in [0.4, 0.5) is 0 Å². The third kappa shape index (κ3) is 28.2. The molecule has 6 N–H and O–H groups in total. The predicted octanol–water partition coefficient (Wildman–Crippen LogP) is 9.89. The smallest absolute Gasteiger partial charge is 0.220 e. The highest BCUT2D eigenvalue weighted by molar-refractivity contribution is 5.76. The fraction of sp³-hybridized carbons (Fsp3) is 0.894. The van der Waals surface area contributed by atoms with Crippen LogP contribution >= 0.6 is 0 Å². The summed E-state index contributed by atoms with van der Waals surface area (Å²) in [5.41, 5.74) is 0. The van der Waals surface area contributed by atoms with Gasteiger partial charge in [0.15, 0.2) is 6.29 Å². The van der Waals surface area contributed by atoms with Crippen molar-refractivity contribution in [3.05, 3.63) is 24.3 Å². The minimum Gasteiger partial charge on any atom is -0.394 e. The lowest BCUT2D eigenvalue weighted by Gasteiger charge is -2.40. The van der Waals surface area contributed by atoms with Crippen LogP contribution in [0.3, 0.4) is 0 Å². The van der Waals surface area contributed by atoms with Crippen LogP contribution in [0, 0.1) is 0 Å². The van der Waals surface area contributed by atoms with Gasteiger partial charge in [0.1, 0.15) is 24.4 Å². The van der Waals surface area contributed by atoms with Crippen LogP contribution in [0.5, 0.6) is 0 Å². The van der Waals surface area contributed by atoms with Crippen molar-refractivity contribution in [2.75, 3.05) is 13.2 Å². The van der Waals surface area contributed by atoms with Crippen molar-refractivity contribution in [2.24, 2.45) is 0 Å². The molecule has 0 radical (unpaired) electrons. The second-order valence-electron chi connectivity index (χ2n) is 16.5. The zero-order chi connectivity index (χ0) is 40.9. The van der Waals surface area contributed by atoms with Crippen molar-refractivity contribution in [3.63, 3.8) is 0 Å². The fourth-order valence-corrected chi connectivity index (χ4v) is 7.44. The SMILES string of the molecule is CCCCCCCC/C=C/CCCCCCCCCCCC(=O)N[C@@H](CO[C@H]1O[C@@H](CO)[C@H](O)C(O)C1O)[C@H](O)/C=C/CCCCCCCCCCCCCC. The highest BCUT2D eigenvalue weighted by atomic mass is 16.7. The third-order valence-electron chi connectivity index (χ3n) is 11.3. The Hall–Kier alpha value is -1.33. The molecule has 1 fully saturated rings. The van der Waals surface area contributed by atoms with Gasteiger partial charge in [-0.25, -0.2) is 0 Å². The summed E-state index contributed by atoms with van der Waals surface area (Å²) < 4.78 is 11.2. The summed E-state index contributed by atoms with van der Waals surface area (Å²) in [7, 11) is 0. The first-order valence-electron chi connectivity index (χ1n) is 23.6. The predicted molar refractivity (Wildman–Crippen MR) is 230 cm³/mol. The molecule has 9 heteroatoms. The number of rotatable bonds is 39. The molecule has 9 nitrogen and oxygen atoms in total. The minimum absolute atomic E-state index is 0.179. The molecule has 56 heavy (non-hydrogen) atoms. The quantitative estimate of drug-likeness (QED) is 0.0266. The number of allylic oxidation sites excluding steroid dienone is 3. The number of carbonyl (C=O) groups excluding carboxylic acids is 1. The number of amides is 1.